The van der Waals surface area contributed by atoms with Crippen molar-refractivity contribution >= 4 is 29.5 Å². The molecule has 0 bridgehead atoms. The summed E-state index contributed by atoms with van der Waals surface area (Å²) in [6.45, 7) is 0. The number of nitrogens with two attached hydrogens (primary N) is 1. The monoisotopic (exact) mass is 289 g/mol. The zero-order valence-corrected chi connectivity index (χ0v) is 11.5. The second-order valence-corrected chi connectivity index (χ2v) is 5.99. The fraction of sp³-hybridized carbons (Fsp3) is 0.417. The average molecular weight is 289 g/mol. The van der Waals surface area contributed by atoms with Gasteiger partial charge in [0.15, 0.2) is 0 Å². The maximum Gasteiger partial charge on any atom is 0.320 e. The van der Waals surface area contributed by atoms with Crippen LogP contribution in [0.5, 0.6) is 0 Å². The van der Waals surface area contributed by atoms with Gasteiger partial charge in [0.25, 0.3) is 0 Å². The Labute approximate surface area is 114 Å². The first-order chi connectivity index (χ1) is 8.61. The van der Waals surface area contributed by atoms with Crippen molar-refractivity contribution in [2.75, 3.05) is 17.3 Å². The number of halogens is 1. The number of hydrogen-bond acceptors (Lipinski definition) is 4. The first-order valence-electron chi connectivity index (χ1n) is 5.54. The first-order valence-corrected chi connectivity index (χ1v) is 7.68. The summed E-state index contributed by atoms with van der Waals surface area (Å²) in [5.74, 6) is 1.21. The Hall–Kier alpha value is -0.720. The molecule has 1 atom stereocenters. The van der Waals surface area contributed by atoms with Crippen molar-refractivity contribution in [3.05, 3.63) is 30.1 Å². The third-order valence-electron chi connectivity index (χ3n) is 2.21. The van der Waals surface area contributed by atoms with Crippen LogP contribution in [-0.2, 0) is 4.79 Å². The Balaban J connectivity index is 2.09. The molecule has 0 radical (unpaired) electrons. The van der Waals surface area contributed by atoms with Gasteiger partial charge in [0.2, 0.25) is 0 Å². The van der Waals surface area contributed by atoms with Crippen molar-refractivity contribution in [2.45, 2.75) is 17.4 Å². The number of rotatable bonds is 8. The van der Waals surface area contributed by atoms with Crippen LogP contribution in [-0.4, -0.2) is 34.4 Å². The van der Waals surface area contributed by atoms with E-state index in [1.165, 1.54) is 17.8 Å². The second kappa shape index (κ2) is 8.39. The molecule has 0 spiro atoms. The fourth-order valence-corrected chi connectivity index (χ4v) is 3.24. The molecule has 0 heterocycles. The Morgan fingerprint density at radius 2 is 2.06 bits per heavy atom. The van der Waals surface area contributed by atoms with E-state index in [0.717, 1.165) is 11.5 Å². The summed E-state index contributed by atoms with van der Waals surface area (Å²) in [5.41, 5.74) is 5.37. The molecule has 100 valence electrons. The van der Waals surface area contributed by atoms with Gasteiger partial charge in [-0.3, -0.25) is 4.79 Å². The molecule has 1 unspecified atom stereocenters. The van der Waals surface area contributed by atoms with Gasteiger partial charge in [0.05, 0.1) is 0 Å². The Kier molecular flexibility index (Phi) is 7.15. The van der Waals surface area contributed by atoms with Gasteiger partial charge in [0.1, 0.15) is 11.9 Å². The van der Waals surface area contributed by atoms with Gasteiger partial charge < -0.3 is 10.8 Å². The molecule has 1 aromatic carbocycles. The lowest BCUT2D eigenvalue weighted by Gasteiger charge is -2.06. The van der Waals surface area contributed by atoms with E-state index in [4.69, 9.17) is 10.8 Å². The third kappa shape index (κ3) is 5.75. The molecule has 0 fully saturated rings. The number of aliphatic carboxylic acids is 1. The number of hydrogen-bond donors (Lipinski definition) is 2. The Morgan fingerprint density at radius 1 is 1.33 bits per heavy atom. The van der Waals surface area contributed by atoms with E-state index in [1.54, 1.807) is 23.9 Å². The molecule has 0 saturated carbocycles. The van der Waals surface area contributed by atoms with Gasteiger partial charge in [-0.1, -0.05) is 12.1 Å². The van der Waals surface area contributed by atoms with Gasteiger partial charge in [-0.15, -0.1) is 11.8 Å². The van der Waals surface area contributed by atoms with E-state index in [2.05, 4.69) is 0 Å². The van der Waals surface area contributed by atoms with E-state index < -0.39 is 12.0 Å². The molecule has 1 rings (SSSR count). The molecule has 0 aliphatic carbocycles. The minimum absolute atomic E-state index is 0.194. The van der Waals surface area contributed by atoms with Crippen molar-refractivity contribution in [3.63, 3.8) is 0 Å². The molecule has 0 aliphatic rings. The van der Waals surface area contributed by atoms with Crippen LogP contribution < -0.4 is 5.73 Å². The molecular formula is C12H16FNO2S2. The predicted octanol–water partition coefficient (Wildman–Crippen LogP) is 2.45. The summed E-state index contributed by atoms with van der Waals surface area (Å²) >= 11 is 3.11. The van der Waals surface area contributed by atoms with Gasteiger partial charge >= 0.3 is 5.97 Å². The van der Waals surface area contributed by atoms with Gasteiger partial charge in [-0.25, -0.2) is 4.39 Å². The van der Waals surface area contributed by atoms with E-state index >= 15 is 0 Å². The average Bonchev–Trinajstić information content (AvgIpc) is 2.35. The summed E-state index contributed by atoms with van der Waals surface area (Å²) in [5, 5.41) is 8.58. The van der Waals surface area contributed by atoms with Crippen LogP contribution in [0, 0.1) is 5.82 Å². The number of carbonyl (C=O) groups is 1. The van der Waals surface area contributed by atoms with E-state index in [1.807, 2.05) is 6.07 Å². The predicted molar refractivity (Wildman–Crippen MR) is 74.7 cm³/mol. The Bertz CT molecular complexity index is 390. The highest BCUT2D eigenvalue weighted by Gasteiger charge is 2.10. The molecule has 0 amide bonds. The molecule has 0 aromatic heterocycles. The van der Waals surface area contributed by atoms with Crippen LogP contribution in [0.2, 0.25) is 0 Å². The number of thioether (sulfide) groups is 2. The van der Waals surface area contributed by atoms with Crippen LogP contribution in [0.25, 0.3) is 0 Å². The zero-order chi connectivity index (χ0) is 13.4. The van der Waals surface area contributed by atoms with Gasteiger partial charge in [0, 0.05) is 16.4 Å². The molecule has 6 heteroatoms. The highest BCUT2D eigenvalue weighted by Crippen LogP contribution is 2.22. The molecule has 3 nitrogen and oxygen atoms in total. The van der Waals surface area contributed by atoms with Gasteiger partial charge in [-0.05, 0) is 24.3 Å². The quantitative estimate of drug-likeness (QED) is 0.568. The fourth-order valence-electron chi connectivity index (χ4n) is 1.21. The van der Waals surface area contributed by atoms with Crippen molar-refractivity contribution < 1.29 is 14.3 Å². The lowest BCUT2D eigenvalue weighted by atomic mass is 10.2. The first kappa shape index (κ1) is 15.3. The largest absolute Gasteiger partial charge is 0.480 e. The molecule has 1 aromatic rings. The van der Waals surface area contributed by atoms with Crippen LogP contribution >= 0.6 is 23.5 Å². The zero-order valence-electron chi connectivity index (χ0n) is 9.84. The maximum absolute atomic E-state index is 13.3. The molecule has 18 heavy (non-hydrogen) atoms. The minimum Gasteiger partial charge on any atom is -0.480 e. The maximum atomic E-state index is 13.3. The van der Waals surface area contributed by atoms with Crippen LogP contribution in [0.1, 0.15) is 6.42 Å². The lowest BCUT2D eigenvalue weighted by molar-refractivity contribution is -0.138. The SMILES string of the molecule is NC(CCSCCSc1ccccc1F)C(=O)O. The van der Waals surface area contributed by atoms with Crippen LogP contribution in [0.4, 0.5) is 4.39 Å². The highest BCUT2D eigenvalue weighted by molar-refractivity contribution is 8.02. The van der Waals surface area contributed by atoms with Gasteiger partial charge in [-0.2, -0.15) is 11.8 Å². The Morgan fingerprint density at radius 3 is 2.72 bits per heavy atom. The second-order valence-electron chi connectivity index (χ2n) is 3.62. The highest BCUT2D eigenvalue weighted by atomic mass is 32.2. The number of benzene rings is 1. The summed E-state index contributed by atoms with van der Waals surface area (Å²) < 4.78 is 13.3. The number of carboxylic acid groups (broad SMARTS) is 1. The summed E-state index contributed by atoms with van der Waals surface area (Å²) in [7, 11) is 0. The summed E-state index contributed by atoms with van der Waals surface area (Å²) in [4.78, 5) is 11.1. The number of carboxylic acids is 1. The van der Waals surface area contributed by atoms with E-state index in [9.17, 15) is 9.18 Å². The standard InChI is InChI=1S/C12H16FNO2S2/c13-9-3-1-2-4-11(9)18-8-7-17-6-5-10(14)12(15)16/h1-4,10H,5-8,14H2,(H,15,16). The van der Waals surface area contributed by atoms with E-state index in [-0.39, 0.29) is 5.82 Å². The smallest absolute Gasteiger partial charge is 0.320 e. The lowest BCUT2D eigenvalue weighted by Crippen LogP contribution is -2.30. The minimum atomic E-state index is -0.962. The molecular weight excluding hydrogens is 273 g/mol. The van der Waals surface area contributed by atoms with Crippen molar-refractivity contribution in [1.82, 2.24) is 0 Å². The van der Waals surface area contributed by atoms with Crippen LogP contribution in [0.15, 0.2) is 29.2 Å². The van der Waals surface area contributed by atoms with Crippen molar-refractivity contribution in [3.8, 4) is 0 Å². The van der Waals surface area contributed by atoms with Crippen LogP contribution in [0.3, 0.4) is 0 Å². The molecule has 3 N–H and O–H groups in total. The summed E-state index contributed by atoms with van der Waals surface area (Å²) in [6, 6.07) is 5.90. The summed E-state index contributed by atoms with van der Waals surface area (Å²) in [6.07, 6.45) is 0.463. The van der Waals surface area contributed by atoms with Crippen molar-refractivity contribution in [2.24, 2.45) is 5.73 Å². The third-order valence-corrected chi connectivity index (χ3v) is 4.54. The van der Waals surface area contributed by atoms with Crippen molar-refractivity contribution in [1.29, 1.82) is 0 Å². The van der Waals surface area contributed by atoms with E-state index in [0.29, 0.717) is 17.1 Å². The topological polar surface area (TPSA) is 63.3 Å². The normalized spacial score (nSPS) is 12.3. The molecule has 0 saturated heterocycles. The molecule has 0 aliphatic heterocycles.